The number of nitrogens with two attached hydrogens (primary N) is 1. The van der Waals surface area contributed by atoms with Gasteiger partial charge >= 0.3 is 6.03 Å². The highest BCUT2D eigenvalue weighted by Crippen LogP contribution is 2.15. The Balaban J connectivity index is 1.79. The predicted octanol–water partition coefficient (Wildman–Crippen LogP) is 1.47. The summed E-state index contributed by atoms with van der Waals surface area (Å²) in [7, 11) is 0. The minimum absolute atomic E-state index is 0.184. The quantitative estimate of drug-likeness (QED) is 0.748. The van der Waals surface area contributed by atoms with Gasteiger partial charge in [-0.15, -0.1) is 0 Å². The van der Waals surface area contributed by atoms with Crippen LogP contribution in [0.4, 0.5) is 10.5 Å². The van der Waals surface area contributed by atoms with Gasteiger partial charge in [-0.1, -0.05) is 0 Å². The maximum Gasteiger partial charge on any atom is 0.319 e. The number of anilines is 1. The van der Waals surface area contributed by atoms with Crippen molar-refractivity contribution in [2.45, 2.75) is 6.54 Å². The lowest BCUT2D eigenvalue weighted by molar-refractivity contribution is -0.119. The van der Waals surface area contributed by atoms with Gasteiger partial charge in [0, 0.05) is 5.69 Å². The number of benzene rings is 1. The third kappa shape index (κ3) is 4.90. The number of carbonyl (C=O) groups is 2. The number of hydrogen-bond acceptors (Lipinski definition) is 4. The molecule has 0 bridgehead atoms. The minimum atomic E-state index is -0.547. The number of hydrogen-bond donors (Lipinski definition) is 3. The van der Waals surface area contributed by atoms with Crippen molar-refractivity contribution >= 4 is 17.6 Å². The van der Waals surface area contributed by atoms with Gasteiger partial charge in [0.15, 0.2) is 6.61 Å². The molecule has 0 unspecified atom stereocenters. The third-order valence-electron chi connectivity index (χ3n) is 2.50. The van der Waals surface area contributed by atoms with Gasteiger partial charge < -0.3 is 25.5 Å². The van der Waals surface area contributed by atoms with Crippen LogP contribution >= 0.6 is 0 Å². The molecule has 0 aliphatic carbocycles. The number of nitrogens with one attached hydrogen (secondary N) is 2. The zero-order chi connectivity index (χ0) is 15.1. The van der Waals surface area contributed by atoms with E-state index in [1.165, 1.54) is 0 Å². The molecule has 110 valence electrons. The number of carbonyl (C=O) groups excluding carboxylic acids is 2. The summed E-state index contributed by atoms with van der Waals surface area (Å²) in [6.07, 6.45) is 1.54. The zero-order valence-electron chi connectivity index (χ0n) is 11.2. The molecule has 0 aliphatic heterocycles. The fraction of sp³-hybridized carbons (Fsp3) is 0.143. The number of urea groups is 1. The Labute approximate surface area is 121 Å². The summed E-state index contributed by atoms with van der Waals surface area (Å²) < 4.78 is 10.2. The lowest BCUT2D eigenvalue weighted by Gasteiger charge is -2.08. The molecule has 2 aromatic rings. The molecule has 0 aliphatic rings. The highest BCUT2D eigenvalue weighted by Gasteiger charge is 2.03. The molecule has 0 saturated heterocycles. The van der Waals surface area contributed by atoms with Crippen molar-refractivity contribution in [3.8, 4) is 5.75 Å². The molecule has 0 saturated carbocycles. The van der Waals surface area contributed by atoms with E-state index in [0.29, 0.717) is 23.7 Å². The van der Waals surface area contributed by atoms with E-state index >= 15 is 0 Å². The van der Waals surface area contributed by atoms with Gasteiger partial charge in [-0.25, -0.2) is 4.79 Å². The van der Waals surface area contributed by atoms with Crippen LogP contribution in [0.2, 0.25) is 0 Å². The van der Waals surface area contributed by atoms with Gasteiger partial charge in [-0.3, -0.25) is 4.79 Å². The van der Waals surface area contributed by atoms with Gasteiger partial charge in [-0.2, -0.15) is 0 Å². The van der Waals surface area contributed by atoms with Crippen molar-refractivity contribution in [2.24, 2.45) is 5.73 Å². The molecule has 0 radical (unpaired) electrons. The first-order valence-electron chi connectivity index (χ1n) is 6.22. The van der Waals surface area contributed by atoms with E-state index in [1.54, 1.807) is 42.7 Å². The topological polar surface area (TPSA) is 107 Å². The molecule has 4 N–H and O–H groups in total. The van der Waals surface area contributed by atoms with Crippen molar-refractivity contribution in [1.82, 2.24) is 5.32 Å². The standard InChI is InChI=1S/C14H15N3O4/c15-13(18)9-21-11-5-3-10(4-6-11)17-14(19)16-8-12-2-1-7-20-12/h1-7H,8-9H2,(H2,15,18)(H2,16,17,19). The molecule has 7 heteroatoms. The van der Waals surface area contributed by atoms with Gasteiger partial charge in [0.25, 0.3) is 5.91 Å². The van der Waals surface area contributed by atoms with Crippen LogP contribution in [-0.4, -0.2) is 18.5 Å². The number of primary amides is 1. The van der Waals surface area contributed by atoms with Gasteiger partial charge in [0.2, 0.25) is 0 Å². The highest BCUT2D eigenvalue weighted by atomic mass is 16.5. The van der Waals surface area contributed by atoms with Crippen LogP contribution in [0.25, 0.3) is 0 Å². The molecule has 0 fully saturated rings. The van der Waals surface area contributed by atoms with Crippen molar-refractivity contribution in [3.05, 3.63) is 48.4 Å². The number of ether oxygens (including phenoxy) is 1. The second-order valence-corrected chi connectivity index (χ2v) is 4.17. The molecule has 21 heavy (non-hydrogen) atoms. The first-order valence-corrected chi connectivity index (χ1v) is 6.22. The summed E-state index contributed by atoms with van der Waals surface area (Å²) >= 11 is 0. The number of amides is 3. The Morgan fingerprint density at radius 1 is 1.19 bits per heavy atom. The van der Waals surface area contributed by atoms with Crippen molar-refractivity contribution in [3.63, 3.8) is 0 Å². The fourth-order valence-corrected chi connectivity index (χ4v) is 1.54. The first kappa shape index (κ1) is 14.4. The van der Waals surface area contributed by atoms with Crippen LogP contribution in [0.3, 0.4) is 0 Å². The van der Waals surface area contributed by atoms with Crippen molar-refractivity contribution in [2.75, 3.05) is 11.9 Å². The molecule has 1 aromatic heterocycles. The summed E-state index contributed by atoms with van der Waals surface area (Å²) in [5, 5.41) is 5.31. The molecule has 0 spiro atoms. The largest absolute Gasteiger partial charge is 0.484 e. The maximum atomic E-state index is 11.7. The molecular formula is C14H15N3O4. The minimum Gasteiger partial charge on any atom is -0.484 e. The van der Waals surface area contributed by atoms with Gasteiger partial charge in [0.05, 0.1) is 12.8 Å². The lowest BCUT2D eigenvalue weighted by atomic mass is 10.3. The van der Waals surface area contributed by atoms with E-state index in [-0.39, 0.29) is 12.6 Å². The van der Waals surface area contributed by atoms with Crippen LogP contribution in [0, 0.1) is 0 Å². The number of rotatable bonds is 6. The molecular weight excluding hydrogens is 274 g/mol. The van der Waals surface area contributed by atoms with Crippen LogP contribution in [0.1, 0.15) is 5.76 Å². The van der Waals surface area contributed by atoms with Crippen molar-refractivity contribution in [1.29, 1.82) is 0 Å². The average molecular weight is 289 g/mol. The summed E-state index contributed by atoms with van der Waals surface area (Å²) in [6.45, 7) is 0.120. The van der Waals surface area contributed by atoms with E-state index in [1.807, 2.05) is 0 Å². The van der Waals surface area contributed by atoms with Crippen LogP contribution in [0.15, 0.2) is 47.1 Å². The summed E-state index contributed by atoms with van der Waals surface area (Å²) in [4.78, 5) is 22.2. The third-order valence-corrected chi connectivity index (χ3v) is 2.50. The van der Waals surface area contributed by atoms with E-state index in [9.17, 15) is 9.59 Å². The second-order valence-electron chi connectivity index (χ2n) is 4.17. The summed E-state index contributed by atoms with van der Waals surface area (Å²) in [5.74, 6) is 0.616. The summed E-state index contributed by atoms with van der Waals surface area (Å²) in [6, 6.07) is 9.74. The molecule has 7 nitrogen and oxygen atoms in total. The van der Waals surface area contributed by atoms with Gasteiger partial charge in [-0.05, 0) is 36.4 Å². The monoisotopic (exact) mass is 289 g/mol. The van der Waals surface area contributed by atoms with Crippen LogP contribution in [0.5, 0.6) is 5.75 Å². The fourth-order valence-electron chi connectivity index (χ4n) is 1.54. The average Bonchev–Trinajstić information content (AvgIpc) is 2.98. The Morgan fingerprint density at radius 2 is 1.95 bits per heavy atom. The SMILES string of the molecule is NC(=O)COc1ccc(NC(=O)NCc2ccco2)cc1. The highest BCUT2D eigenvalue weighted by molar-refractivity contribution is 5.89. The Morgan fingerprint density at radius 3 is 2.57 bits per heavy atom. The molecule has 0 atom stereocenters. The molecule has 3 amide bonds. The number of furan rings is 1. The first-order chi connectivity index (χ1) is 10.1. The van der Waals surface area contributed by atoms with E-state index in [0.717, 1.165) is 0 Å². The summed E-state index contributed by atoms with van der Waals surface area (Å²) in [5.41, 5.74) is 5.57. The van der Waals surface area contributed by atoms with Crippen LogP contribution in [-0.2, 0) is 11.3 Å². The normalized spacial score (nSPS) is 9.90. The Bertz CT molecular complexity index is 593. The lowest BCUT2D eigenvalue weighted by Crippen LogP contribution is -2.27. The predicted molar refractivity (Wildman–Crippen MR) is 75.7 cm³/mol. The maximum absolute atomic E-state index is 11.7. The molecule has 1 heterocycles. The van der Waals surface area contributed by atoms with E-state index in [2.05, 4.69) is 10.6 Å². The molecule has 1 aromatic carbocycles. The zero-order valence-corrected chi connectivity index (χ0v) is 11.2. The van der Waals surface area contributed by atoms with Crippen molar-refractivity contribution < 1.29 is 18.7 Å². The smallest absolute Gasteiger partial charge is 0.319 e. The Kier molecular flexibility index (Phi) is 4.81. The van der Waals surface area contributed by atoms with E-state index in [4.69, 9.17) is 14.9 Å². The van der Waals surface area contributed by atoms with E-state index < -0.39 is 5.91 Å². The van der Waals surface area contributed by atoms with Gasteiger partial charge in [0.1, 0.15) is 11.5 Å². The van der Waals surface area contributed by atoms with Crippen LogP contribution < -0.4 is 21.1 Å². The second kappa shape index (κ2) is 6.99. The molecule has 2 rings (SSSR count). The Hall–Kier alpha value is -2.96.